The van der Waals surface area contributed by atoms with E-state index in [0.29, 0.717) is 16.8 Å². The fourth-order valence-electron chi connectivity index (χ4n) is 2.07. The maximum Gasteiger partial charge on any atom is 0.345 e. The molecule has 0 atom stereocenters. The van der Waals surface area contributed by atoms with Crippen LogP contribution in [-0.2, 0) is 6.42 Å². The average Bonchev–Trinajstić information content (AvgIpc) is 2.86. The van der Waals surface area contributed by atoms with Gasteiger partial charge in [-0.1, -0.05) is 6.07 Å². The second-order valence-electron chi connectivity index (χ2n) is 4.58. The molecule has 0 saturated carbocycles. The number of halogens is 2. The molecule has 0 fully saturated rings. The van der Waals surface area contributed by atoms with Crippen LogP contribution in [0.4, 0.5) is 8.78 Å². The van der Waals surface area contributed by atoms with Gasteiger partial charge in [-0.15, -0.1) is 11.3 Å². The number of rotatable bonds is 3. The molecule has 3 nitrogen and oxygen atoms in total. The smallest absolute Gasteiger partial charge is 0.345 e. The first kappa shape index (κ1) is 13.6. The van der Waals surface area contributed by atoms with Gasteiger partial charge >= 0.3 is 5.97 Å². The van der Waals surface area contributed by atoms with Crippen LogP contribution in [0.5, 0.6) is 0 Å². The van der Waals surface area contributed by atoms with Gasteiger partial charge in [0.25, 0.3) is 0 Å². The zero-order valence-electron chi connectivity index (χ0n) is 10.6. The SMILES string of the molecule is O=C(O)c1cc2cc(Cc3ccc(F)c(F)c3)cnc2s1. The van der Waals surface area contributed by atoms with Gasteiger partial charge < -0.3 is 5.11 Å². The minimum atomic E-state index is -0.986. The third-order valence-corrected chi connectivity index (χ3v) is 4.08. The number of nitrogens with zero attached hydrogens (tertiary/aromatic N) is 1. The van der Waals surface area contributed by atoms with Crippen LogP contribution in [-0.4, -0.2) is 16.1 Å². The minimum absolute atomic E-state index is 0.225. The molecule has 1 aromatic carbocycles. The molecule has 21 heavy (non-hydrogen) atoms. The van der Waals surface area contributed by atoms with E-state index in [1.165, 1.54) is 6.07 Å². The Morgan fingerprint density at radius 3 is 2.67 bits per heavy atom. The number of pyridine rings is 1. The Labute approximate surface area is 122 Å². The summed E-state index contributed by atoms with van der Waals surface area (Å²) in [5.74, 6) is -2.75. The third kappa shape index (κ3) is 2.75. The molecule has 0 aliphatic heterocycles. The van der Waals surface area contributed by atoms with E-state index in [1.54, 1.807) is 12.3 Å². The van der Waals surface area contributed by atoms with Crippen LogP contribution in [0.15, 0.2) is 36.5 Å². The van der Waals surface area contributed by atoms with E-state index in [-0.39, 0.29) is 4.88 Å². The Kier molecular flexibility index (Phi) is 3.39. The van der Waals surface area contributed by atoms with Crippen LogP contribution in [0.2, 0.25) is 0 Å². The van der Waals surface area contributed by atoms with Crippen LogP contribution in [0.1, 0.15) is 20.8 Å². The van der Waals surface area contributed by atoms with Gasteiger partial charge in [0.15, 0.2) is 11.6 Å². The summed E-state index contributed by atoms with van der Waals surface area (Å²) < 4.78 is 26.1. The van der Waals surface area contributed by atoms with Crippen molar-refractivity contribution >= 4 is 27.5 Å². The fourth-order valence-corrected chi connectivity index (χ4v) is 2.89. The lowest BCUT2D eigenvalue weighted by atomic mass is 10.1. The predicted octanol–water partition coefficient (Wildman–Crippen LogP) is 3.86. The molecule has 2 aromatic heterocycles. The van der Waals surface area contributed by atoms with E-state index < -0.39 is 17.6 Å². The van der Waals surface area contributed by atoms with Gasteiger partial charge in [0.1, 0.15) is 9.71 Å². The quantitative estimate of drug-likeness (QED) is 0.799. The molecule has 106 valence electrons. The molecule has 3 aromatic rings. The van der Waals surface area contributed by atoms with Gasteiger partial charge in [-0.2, -0.15) is 0 Å². The average molecular weight is 305 g/mol. The fraction of sp³-hybridized carbons (Fsp3) is 0.0667. The maximum absolute atomic E-state index is 13.2. The minimum Gasteiger partial charge on any atom is -0.477 e. The molecule has 0 bridgehead atoms. The van der Waals surface area contributed by atoms with E-state index >= 15 is 0 Å². The topological polar surface area (TPSA) is 50.2 Å². The van der Waals surface area contributed by atoms with Crippen molar-refractivity contribution in [3.8, 4) is 0 Å². The molecular formula is C15H9F2NO2S. The van der Waals surface area contributed by atoms with Crippen LogP contribution in [0.3, 0.4) is 0 Å². The van der Waals surface area contributed by atoms with Crippen molar-refractivity contribution in [3.63, 3.8) is 0 Å². The highest BCUT2D eigenvalue weighted by molar-refractivity contribution is 7.20. The summed E-state index contributed by atoms with van der Waals surface area (Å²) >= 11 is 1.10. The van der Waals surface area contributed by atoms with E-state index in [2.05, 4.69) is 4.98 Å². The van der Waals surface area contributed by atoms with Crippen molar-refractivity contribution in [2.45, 2.75) is 6.42 Å². The second kappa shape index (κ2) is 5.21. The van der Waals surface area contributed by atoms with Gasteiger partial charge in [0.05, 0.1) is 0 Å². The molecule has 0 spiro atoms. The van der Waals surface area contributed by atoms with Gasteiger partial charge in [0, 0.05) is 11.6 Å². The zero-order valence-corrected chi connectivity index (χ0v) is 11.5. The maximum atomic E-state index is 13.2. The molecular weight excluding hydrogens is 296 g/mol. The Bertz CT molecular complexity index is 845. The van der Waals surface area contributed by atoms with Crippen molar-refractivity contribution < 1.29 is 18.7 Å². The van der Waals surface area contributed by atoms with Gasteiger partial charge in [-0.25, -0.2) is 18.6 Å². The molecule has 0 amide bonds. The van der Waals surface area contributed by atoms with Crippen LogP contribution < -0.4 is 0 Å². The summed E-state index contributed by atoms with van der Waals surface area (Å²) in [6.07, 6.45) is 2.02. The number of carboxylic acids is 1. The highest BCUT2D eigenvalue weighted by Crippen LogP contribution is 2.25. The van der Waals surface area contributed by atoms with Crippen molar-refractivity contribution in [3.05, 3.63) is 64.2 Å². The standard InChI is InChI=1S/C15H9F2NO2S/c16-11-2-1-8(5-12(11)17)3-9-4-10-6-13(15(19)20)21-14(10)18-7-9/h1-2,4-7H,3H2,(H,19,20). The lowest BCUT2D eigenvalue weighted by Gasteiger charge is -2.02. The molecule has 6 heteroatoms. The van der Waals surface area contributed by atoms with Crippen LogP contribution in [0.25, 0.3) is 10.2 Å². The van der Waals surface area contributed by atoms with Crippen molar-refractivity contribution in [1.29, 1.82) is 0 Å². The first-order valence-electron chi connectivity index (χ1n) is 6.08. The molecule has 0 aliphatic rings. The first-order chi connectivity index (χ1) is 10.0. The molecule has 0 radical (unpaired) electrons. The van der Waals surface area contributed by atoms with Crippen molar-refractivity contribution in [2.75, 3.05) is 0 Å². The van der Waals surface area contributed by atoms with E-state index in [4.69, 9.17) is 5.11 Å². The normalized spacial score (nSPS) is 11.0. The van der Waals surface area contributed by atoms with Gasteiger partial charge in [-0.05, 0) is 41.8 Å². The number of aromatic nitrogens is 1. The van der Waals surface area contributed by atoms with Gasteiger partial charge in [0.2, 0.25) is 0 Å². The van der Waals surface area contributed by atoms with E-state index in [9.17, 15) is 13.6 Å². The number of aromatic carboxylic acids is 1. The monoisotopic (exact) mass is 305 g/mol. The summed E-state index contributed by atoms with van der Waals surface area (Å²) in [6, 6.07) is 7.12. The van der Waals surface area contributed by atoms with Crippen LogP contribution >= 0.6 is 11.3 Å². The number of benzene rings is 1. The molecule has 1 N–H and O–H groups in total. The first-order valence-corrected chi connectivity index (χ1v) is 6.90. The number of carboxylic acid groups (broad SMARTS) is 1. The Morgan fingerprint density at radius 1 is 1.14 bits per heavy atom. The molecule has 3 rings (SSSR count). The summed E-state index contributed by atoms with van der Waals surface area (Å²) in [4.78, 5) is 16.0. The predicted molar refractivity (Wildman–Crippen MR) is 75.7 cm³/mol. The summed E-state index contributed by atoms with van der Waals surface area (Å²) in [6.45, 7) is 0. The zero-order chi connectivity index (χ0) is 15.0. The number of hydrogen-bond acceptors (Lipinski definition) is 3. The lowest BCUT2D eigenvalue weighted by Crippen LogP contribution is -1.92. The van der Waals surface area contributed by atoms with Gasteiger partial charge in [-0.3, -0.25) is 0 Å². The third-order valence-electron chi connectivity index (χ3n) is 3.03. The summed E-state index contributed by atoms with van der Waals surface area (Å²) in [5.41, 5.74) is 1.44. The van der Waals surface area contributed by atoms with E-state index in [0.717, 1.165) is 34.4 Å². The summed E-state index contributed by atoms with van der Waals surface area (Å²) in [7, 11) is 0. The van der Waals surface area contributed by atoms with Crippen molar-refractivity contribution in [1.82, 2.24) is 4.98 Å². The lowest BCUT2D eigenvalue weighted by molar-refractivity contribution is 0.0702. The van der Waals surface area contributed by atoms with Crippen LogP contribution in [0, 0.1) is 11.6 Å². The Balaban J connectivity index is 1.93. The number of hydrogen-bond donors (Lipinski definition) is 1. The molecule has 0 saturated heterocycles. The Hall–Kier alpha value is -2.34. The second-order valence-corrected chi connectivity index (χ2v) is 5.61. The molecule has 2 heterocycles. The summed E-state index contributed by atoms with van der Waals surface area (Å²) in [5, 5.41) is 9.69. The molecule has 0 aliphatic carbocycles. The Morgan fingerprint density at radius 2 is 1.95 bits per heavy atom. The largest absolute Gasteiger partial charge is 0.477 e. The highest BCUT2D eigenvalue weighted by atomic mass is 32.1. The number of fused-ring (bicyclic) bond motifs is 1. The van der Waals surface area contributed by atoms with Crippen molar-refractivity contribution in [2.24, 2.45) is 0 Å². The van der Waals surface area contributed by atoms with E-state index in [1.807, 2.05) is 6.07 Å². The molecule has 0 unspecified atom stereocenters. The number of carbonyl (C=O) groups is 1. The number of thiophene rings is 1. The highest BCUT2D eigenvalue weighted by Gasteiger charge is 2.10.